The minimum Gasteiger partial charge on any atom is -0.307 e. The van der Waals surface area contributed by atoms with E-state index in [2.05, 4.69) is 276 Å². The highest BCUT2D eigenvalue weighted by Gasteiger charge is 2.25. The lowest BCUT2D eigenvalue weighted by atomic mass is 9.85. The van der Waals surface area contributed by atoms with E-state index in [4.69, 9.17) is 15.0 Å². The molecule has 0 amide bonds. The zero-order chi connectivity index (χ0) is 51.3. The van der Waals surface area contributed by atoms with Gasteiger partial charge in [0.15, 0.2) is 5.82 Å². The van der Waals surface area contributed by atoms with Crippen LogP contribution in [0.3, 0.4) is 0 Å². The van der Waals surface area contributed by atoms with E-state index in [0.29, 0.717) is 11.8 Å². The quantitative estimate of drug-likeness (QED) is 0.118. The summed E-state index contributed by atoms with van der Waals surface area (Å²) >= 11 is 0. The van der Waals surface area contributed by atoms with Gasteiger partial charge >= 0.3 is 0 Å². The van der Waals surface area contributed by atoms with Crippen LogP contribution in [0.15, 0.2) is 267 Å². The lowest BCUT2D eigenvalue weighted by Gasteiger charge is -2.18. The Morgan fingerprint density at radius 3 is 1.55 bits per heavy atom. The Hall–Kier alpha value is -10.2. The molecule has 15 aromatic rings. The maximum absolute atomic E-state index is 5.47. The largest absolute Gasteiger partial charge is 0.307 e. The van der Waals surface area contributed by atoms with Crippen LogP contribution in [0, 0.1) is 0 Å². The molecule has 1 aliphatic rings. The third kappa shape index (κ3) is 6.85. The van der Waals surface area contributed by atoms with Gasteiger partial charge in [0.2, 0.25) is 5.95 Å². The van der Waals surface area contributed by atoms with Crippen molar-refractivity contribution in [2.75, 3.05) is 0 Å². The molecular weight excluding hydrogens is 947 g/mol. The van der Waals surface area contributed by atoms with Crippen LogP contribution in [-0.4, -0.2) is 24.1 Å². The highest BCUT2D eigenvalue weighted by atomic mass is 15.2. The predicted molar refractivity (Wildman–Crippen MR) is 326 cm³/mol. The molecule has 78 heavy (non-hydrogen) atoms. The first-order chi connectivity index (χ1) is 38.7. The molecule has 0 radical (unpaired) electrons. The molecule has 0 spiro atoms. The van der Waals surface area contributed by atoms with E-state index in [0.717, 1.165) is 61.9 Å². The highest BCUT2D eigenvalue weighted by Crippen LogP contribution is 2.46. The van der Waals surface area contributed by atoms with Crippen molar-refractivity contribution in [3.8, 4) is 56.4 Å². The molecule has 0 aliphatic heterocycles. The Kier molecular flexibility index (Phi) is 10.0. The van der Waals surface area contributed by atoms with E-state index in [-0.39, 0.29) is 5.92 Å². The van der Waals surface area contributed by atoms with Crippen molar-refractivity contribution in [1.29, 1.82) is 0 Å². The van der Waals surface area contributed by atoms with Gasteiger partial charge < -0.3 is 4.57 Å². The van der Waals surface area contributed by atoms with Gasteiger partial charge in [-0.25, -0.2) is 4.98 Å². The van der Waals surface area contributed by atoms with Gasteiger partial charge in [0.1, 0.15) is 5.82 Å². The molecule has 0 fully saturated rings. The Morgan fingerprint density at radius 1 is 0.346 bits per heavy atom. The number of allylic oxidation sites excluding steroid dienone is 4. The van der Waals surface area contributed by atoms with E-state index < -0.39 is 0 Å². The molecule has 1 atom stereocenters. The molecule has 1 aliphatic carbocycles. The Morgan fingerprint density at radius 2 is 0.885 bits per heavy atom. The summed E-state index contributed by atoms with van der Waals surface area (Å²) in [7, 11) is 0. The Labute approximate surface area is 450 Å². The van der Waals surface area contributed by atoms with Crippen molar-refractivity contribution in [3.63, 3.8) is 0 Å². The molecule has 364 valence electrons. The number of nitrogens with zero attached hydrogens (tertiary/aromatic N) is 5. The summed E-state index contributed by atoms with van der Waals surface area (Å²) in [6.07, 6.45) is 9.43. The molecule has 0 saturated carbocycles. The van der Waals surface area contributed by atoms with Crippen molar-refractivity contribution in [3.05, 3.63) is 273 Å². The molecule has 0 bridgehead atoms. The Bertz CT molecular complexity index is 4930. The molecule has 5 heteroatoms. The summed E-state index contributed by atoms with van der Waals surface area (Å²) in [6, 6.07) is 88.3. The summed E-state index contributed by atoms with van der Waals surface area (Å²) in [5.41, 5.74) is 13.7. The van der Waals surface area contributed by atoms with Crippen molar-refractivity contribution in [2.45, 2.75) is 12.3 Å². The maximum atomic E-state index is 5.47. The number of fused-ring (bicyclic) bond motifs is 12. The molecular formula is C73H47N5. The van der Waals surface area contributed by atoms with Crippen LogP contribution in [0.2, 0.25) is 0 Å². The van der Waals surface area contributed by atoms with Gasteiger partial charge in [-0.2, -0.15) is 9.97 Å². The molecule has 0 N–H and O–H groups in total. The van der Waals surface area contributed by atoms with Crippen LogP contribution in [0.5, 0.6) is 0 Å². The lowest BCUT2D eigenvalue weighted by Crippen LogP contribution is -2.11. The van der Waals surface area contributed by atoms with E-state index in [9.17, 15) is 0 Å². The van der Waals surface area contributed by atoms with E-state index in [1.807, 2.05) is 0 Å². The summed E-state index contributed by atoms with van der Waals surface area (Å²) in [6.45, 7) is 0. The first-order valence-corrected chi connectivity index (χ1v) is 26.9. The fourth-order valence-electron chi connectivity index (χ4n) is 12.8. The first kappa shape index (κ1) is 44.1. The highest BCUT2D eigenvalue weighted by molar-refractivity contribution is 6.25. The average Bonchev–Trinajstić information content (AvgIpc) is 4.23. The molecule has 16 rings (SSSR count). The summed E-state index contributed by atoms with van der Waals surface area (Å²) in [5.74, 6) is 1.98. The minimum atomic E-state index is -0.00392. The van der Waals surface area contributed by atoms with Gasteiger partial charge in [-0.15, -0.1) is 0 Å². The summed E-state index contributed by atoms with van der Waals surface area (Å²) in [4.78, 5) is 16.2. The Balaban J connectivity index is 0.847. The third-order valence-corrected chi connectivity index (χ3v) is 16.3. The number of rotatable bonds is 7. The van der Waals surface area contributed by atoms with Crippen LogP contribution < -0.4 is 0 Å². The molecule has 0 saturated heterocycles. The maximum Gasteiger partial charge on any atom is 0.238 e. The number of benzene rings is 12. The standard InChI is InChI=1S/C73H47N5/c1-4-19-48(20-5-1)67-58-27-10-12-29-60(58)68(61-30-13-11-28-59(61)67)51-40-37-47-41-42-55-53(31-18-32-54(55)64(47)45-51)46-35-38-50(39-36-46)72-74-71(49-21-6-2-7-22-49)75-73(76-72)78-66-34-17-15-26-57(66)63-44-43-62-56-25-14-16-33-65(56)77(69(62)70(63)78)52-23-8-3-9-24-52/h1-21,23-45,49H,22H2. The second-order valence-electron chi connectivity index (χ2n) is 20.6. The van der Waals surface area contributed by atoms with Crippen molar-refractivity contribution in [1.82, 2.24) is 24.1 Å². The lowest BCUT2D eigenvalue weighted by molar-refractivity contribution is 0.750. The SMILES string of the molecule is C1=CCC(c2nc(-c3ccc(-c4cccc5c4ccc4ccc(-c6c7ccccc7c(-c7ccccc7)c7ccccc67)cc45)cc3)nc(-n3c4ccccc4c4ccc5c6ccccc6n(-c6ccccc6)c5c43)n2)C=C1. The van der Waals surface area contributed by atoms with Gasteiger partial charge in [-0.1, -0.05) is 237 Å². The van der Waals surface area contributed by atoms with Gasteiger partial charge in [-0.3, -0.25) is 4.57 Å². The summed E-state index contributed by atoms with van der Waals surface area (Å²) in [5, 5.41) is 14.5. The minimum absolute atomic E-state index is 0.00392. The zero-order valence-electron chi connectivity index (χ0n) is 42.4. The smallest absolute Gasteiger partial charge is 0.238 e. The van der Waals surface area contributed by atoms with Crippen LogP contribution in [0.1, 0.15) is 18.2 Å². The van der Waals surface area contributed by atoms with Gasteiger partial charge in [0, 0.05) is 38.7 Å². The number of para-hydroxylation sites is 3. The van der Waals surface area contributed by atoms with Crippen molar-refractivity contribution < 1.29 is 0 Å². The van der Waals surface area contributed by atoms with Crippen molar-refractivity contribution >= 4 is 86.7 Å². The van der Waals surface area contributed by atoms with Crippen molar-refractivity contribution in [2.24, 2.45) is 0 Å². The molecule has 12 aromatic carbocycles. The molecule has 5 nitrogen and oxygen atoms in total. The van der Waals surface area contributed by atoms with Crippen LogP contribution >= 0.6 is 0 Å². The monoisotopic (exact) mass is 993 g/mol. The second-order valence-corrected chi connectivity index (χ2v) is 20.6. The van der Waals surface area contributed by atoms with Crippen LogP contribution in [0.25, 0.3) is 143 Å². The van der Waals surface area contributed by atoms with E-state index in [1.165, 1.54) is 81.7 Å². The molecule has 3 aromatic heterocycles. The van der Waals surface area contributed by atoms with Gasteiger partial charge in [0.25, 0.3) is 0 Å². The van der Waals surface area contributed by atoms with Crippen LogP contribution in [-0.2, 0) is 0 Å². The number of aromatic nitrogens is 5. The molecule has 1 unspecified atom stereocenters. The second kappa shape index (κ2) is 17.7. The predicted octanol–water partition coefficient (Wildman–Crippen LogP) is 18.9. The van der Waals surface area contributed by atoms with E-state index in [1.54, 1.807) is 0 Å². The van der Waals surface area contributed by atoms with Crippen LogP contribution in [0.4, 0.5) is 0 Å². The average molecular weight is 994 g/mol. The van der Waals surface area contributed by atoms with Gasteiger partial charge in [-0.05, 0) is 113 Å². The fraction of sp³-hybridized carbons (Fsp3) is 0.0274. The third-order valence-electron chi connectivity index (χ3n) is 16.3. The first-order valence-electron chi connectivity index (χ1n) is 26.9. The van der Waals surface area contributed by atoms with Gasteiger partial charge in [0.05, 0.1) is 22.1 Å². The zero-order valence-corrected chi connectivity index (χ0v) is 42.4. The number of hydrogen-bond donors (Lipinski definition) is 0. The molecule has 3 heterocycles. The summed E-state index contributed by atoms with van der Waals surface area (Å²) < 4.78 is 4.69. The normalized spacial score (nSPS) is 13.6. The topological polar surface area (TPSA) is 48.5 Å². The number of hydrogen-bond acceptors (Lipinski definition) is 3. The van der Waals surface area contributed by atoms with E-state index >= 15 is 0 Å². The fourth-order valence-corrected chi connectivity index (χ4v) is 12.8.